The van der Waals surface area contributed by atoms with E-state index in [9.17, 15) is 0 Å². The van der Waals surface area contributed by atoms with E-state index in [-0.39, 0.29) is 17.1 Å². The van der Waals surface area contributed by atoms with Gasteiger partial charge in [-0.05, 0) is 32.0 Å². The Hall–Kier alpha value is -0.941. The van der Waals surface area contributed by atoms with Gasteiger partial charge in [-0.25, -0.2) is 0 Å². The van der Waals surface area contributed by atoms with Crippen molar-refractivity contribution in [2.45, 2.75) is 5.92 Å². The van der Waals surface area contributed by atoms with E-state index in [4.69, 9.17) is 14.9 Å². The summed E-state index contributed by atoms with van der Waals surface area (Å²) in [4.78, 5) is 0. The fourth-order valence-electron chi connectivity index (χ4n) is 1.39. The first-order valence-electron chi connectivity index (χ1n) is 5.93. The average Bonchev–Trinajstić information content (AvgIpc) is 2.52. The second-order valence-electron chi connectivity index (χ2n) is 4.24. The van der Waals surface area contributed by atoms with Gasteiger partial charge in [-0.2, -0.15) is 0 Å². The summed E-state index contributed by atoms with van der Waals surface area (Å²) < 4.78 is 14.8. The van der Waals surface area contributed by atoms with E-state index < -0.39 is 0 Å². The molecular formula is C16H20MnNO2P+. The second-order valence-corrected chi connectivity index (χ2v) is 6.92. The topological polar surface area (TPSA) is 63.6 Å². The van der Waals surface area contributed by atoms with Crippen LogP contribution in [0.3, 0.4) is 0 Å². The number of hydrogen-bond acceptors (Lipinski definition) is 1. The third-order valence-corrected chi connectivity index (χ3v) is 2.04. The first-order valence-corrected chi connectivity index (χ1v) is 8.61. The van der Waals surface area contributed by atoms with E-state index >= 15 is 0 Å². The maximum Gasteiger partial charge on any atom is 0.00900 e. The van der Waals surface area contributed by atoms with Crippen molar-refractivity contribution >= 4 is 7.92 Å². The number of hydrogen-bond donors (Lipinski definition) is 0. The fourth-order valence-corrected chi connectivity index (χ4v) is 1.39. The van der Waals surface area contributed by atoms with Crippen molar-refractivity contribution in [3.63, 3.8) is 0 Å². The number of allylic oxidation sites excluding steroid dienone is 4. The predicted octanol–water partition coefficient (Wildman–Crippen LogP) is 4.31. The zero-order chi connectivity index (χ0) is 15.8. The van der Waals surface area contributed by atoms with E-state index in [1.807, 2.05) is 6.07 Å². The molecule has 5 heteroatoms. The van der Waals surface area contributed by atoms with E-state index in [0.717, 1.165) is 0 Å². The molecule has 1 aliphatic rings. The predicted molar refractivity (Wildman–Crippen MR) is 82.8 cm³/mol. The van der Waals surface area contributed by atoms with Crippen LogP contribution in [0.1, 0.15) is 11.5 Å². The summed E-state index contributed by atoms with van der Waals surface area (Å²) in [5, 5.41) is 0. The molecule has 0 N–H and O–H groups in total. The van der Waals surface area contributed by atoms with Crippen molar-refractivity contribution in [2.24, 2.45) is 0 Å². The van der Waals surface area contributed by atoms with Crippen LogP contribution in [0, 0.1) is 18.5 Å². The Labute approximate surface area is 139 Å². The second kappa shape index (κ2) is 19.1. The maximum absolute atomic E-state index is 7.50. The molecule has 2 radical (unpaired) electrons. The summed E-state index contributed by atoms with van der Waals surface area (Å²) in [7, 11) is 0.380. The molecule has 0 heterocycles. The van der Waals surface area contributed by atoms with Gasteiger partial charge in [0.25, 0.3) is 0 Å². The number of rotatable bonds is 1. The minimum atomic E-state index is 0. The molecule has 112 valence electrons. The summed E-state index contributed by atoms with van der Waals surface area (Å²) in [6.07, 6.45) is 10.7. The van der Waals surface area contributed by atoms with E-state index in [1.54, 1.807) is 0 Å². The van der Waals surface area contributed by atoms with Gasteiger partial charge in [0.1, 0.15) is 0 Å². The first kappa shape index (κ1) is 25.0. The van der Waals surface area contributed by atoms with E-state index in [0.29, 0.717) is 13.8 Å². The van der Waals surface area contributed by atoms with Crippen molar-refractivity contribution < 1.29 is 26.5 Å². The Balaban J connectivity index is -0.000000311. The molecule has 0 bridgehead atoms. The van der Waals surface area contributed by atoms with Gasteiger partial charge in [0.05, 0.1) is 0 Å². The molecule has 0 aromatic heterocycles. The zero-order valence-electron chi connectivity index (χ0n) is 12.4. The molecule has 21 heavy (non-hydrogen) atoms. The summed E-state index contributed by atoms with van der Waals surface area (Å²) in [5.74, 6) is 0.469. The molecule has 0 fully saturated rings. The van der Waals surface area contributed by atoms with Gasteiger partial charge >= 0.3 is 21.5 Å². The van der Waals surface area contributed by atoms with Crippen molar-refractivity contribution in [1.29, 1.82) is 5.46 Å². The largest absolute Gasteiger partial charge is 0.0799 e. The van der Waals surface area contributed by atoms with Gasteiger partial charge in [0.15, 0.2) is 0 Å². The van der Waals surface area contributed by atoms with Crippen LogP contribution >= 0.6 is 7.92 Å². The minimum absolute atomic E-state index is 0. The van der Waals surface area contributed by atoms with Crippen LogP contribution in [0.15, 0.2) is 54.6 Å². The van der Waals surface area contributed by atoms with Crippen molar-refractivity contribution in [1.82, 2.24) is 0 Å². The standard InChI is InChI=1S/C12H11.C3H9P.CO.Mn.NO/c1-3-7-11(8-4-1)12-9-5-2-6-10-12;1-4(2)3;1-2;;1-2/h1-11H;1-3H3;;;/q;;;;+1. The Morgan fingerprint density at radius 2 is 1.43 bits per heavy atom. The van der Waals surface area contributed by atoms with Crippen molar-refractivity contribution in [2.75, 3.05) is 20.0 Å². The molecule has 0 saturated carbocycles. The monoisotopic (exact) mass is 344 g/mol. The minimum Gasteiger partial charge on any atom is -0.0799 e. The quantitative estimate of drug-likeness (QED) is 0.324. The molecule has 1 aliphatic carbocycles. The summed E-state index contributed by atoms with van der Waals surface area (Å²) in [5.41, 5.74) is 7.11. The summed E-state index contributed by atoms with van der Waals surface area (Å²) in [6, 6.07) is 10.5. The third kappa shape index (κ3) is 15.3. The van der Waals surface area contributed by atoms with Crippen LogP contribution in [-0.4, -0.2) is 20.0 Å². The van der Waals surface area contributed by atoms with Gasteiger partial charge < -0.3 is 0 Å². The fraction of sp³-hybridized carbons (Fsp3) is 0.250. The van der Waals surface area contributed by atoms with Gasteiger partial charge in [-0.15, -0.1) is 7.92 Å². The number of benzene rings is 1. The molecule has 0 saturated heterocycles. The van der Waals surface area contributed by atoms with Gasteiger partial charge in [0.2, 0.25) is 0 Å². The molecule has 1 atom stereocenters. The molecule has 2 rings (SSSR count). The Morgan fingerprint density at radius 1 is 0.952 bits per heavy atom. The van der Waals surface area contributed by atoms with Crippen LogP contribution in [0.5, 0.6) is 0 Å². The zero-order valence-corrected chi connectivity index (χ0v) is 14.5. The van der Waals surface area contributed by atoms with E-state index in [2.05, 4.69) is 81.6 Å². The van der Waals surface area contributed by atoms with Gasteiger partial charge in [-0.1, -0.05) is 54.6 Å². The molecule has 0 aliphatic heterocycles. The average molecular weight is 344 g/mol. The summed E-state index contributed by atoms with van der Waals surface area (Å²) in [6.45, 7) is 11.2. The van der Waals surface area contributed by atoms with Crippen LogP contribution in [0.4, 0.5) is 0 Å². The molecule has 1 aromatic carbocycles. The third-order valence-electron chi connectivity index (χ3n) is 2.04. The Kier molecular flexibility index (Phi) is 22.7. The Bertz CT molecular complexity index is 419. The number of nitrogens with zero attached hydrogens (tertiary/aromatic N) is 1. The SMILES string of the molecule is CP(C)C.N#[O+].[C-]#[O+].[CH]1C=CC=C[C@@H]1c1ccccc1.[Mn]. The molecule has 0 spiro atoms. The van der Waals surface area contributed by atoms with Crippen LogP contribution in [0.25, 0.3) is 0 Å². The summed E-state index contributed by atoms with van der Waals surface area (Å²) >= 11 is 0. The van der Waals surface area contributed by atoms with Crippen LogP contribution in [0.2, 0.25) is 0 Å². The normalized spacial score (nSPS) is 14.0. The van der Waals surface area contributed by atoms with Gasteiger partial charge in [-0.3, -0.25) is 0 Å². The van der Waals surface area contributed by atoms with Crippen LogP contribution < -0.4 is 0 Å². The van der Waals surface area contributed by atoms with Gasteiger partial charge in [0, 0.05) is 23.0 Å². The van der Waals surface area contributed by atoms with Crippen LogP contribution in [-0.2, 0) is 26.5 Å². The Morgan fingerprint density at radius 3 is 1.81 bits per heavy atom. The first-order chi connectivity index (χ1) is 9.70. The molecule has 1 aromatic rings. The van der Waals surface area contributed by atoms with E-state index in [1.165, 1.54) is 5.56 Å². The molecule has 0 unspecified atom stereocenters. The molecular weight excluding hydrogens is 324 g/mol. The molecule has 3 nitrogen and oxygen atoms in total. The van der Waals surface area contributed by atoms with Crippen molar-refractivity contribution in [3.8, 4) is 0 Å². The molecule has 0 amide bonds. The van der Waals surface area contributed by atoms with Crippen molar-refractivity contribution in [3.05, 3.63) is 73.3 Å². The smallest absolute Gasteiger partial charge is 0.00900 e. The maximum atomic E-state index is 7.50.